The fraction of sp³-hybridized carbons (Fsp3) is 0.538. The standard InChI is InChI=1S/C13H17F2NS/c1-16-10-3-2-4-11(8-10)17-13-6-5-9(14)7-12(13)15/h5-7,10-11,16H,2-4,8H2,1H3. The molecule has 0 aromatic heterocycles. The van der Waals surface area contributed by atoms with Crippen LogP contribution in [0.4, 0.5) is 8.78 Å². The van der Waals surface area contributed by atoms with Gasteiger partial charge in [0.05, 0.1) is 0 Å². The van der Waals surface area contributed by atoms with Crippen LogP contribution in [0.15, 0.2) is 23.1 Å². The molecule has 0 heterocycles. The van der Waals surface area contributed by atoms with Crippen molar-refractivity contribution in [2.45, 2.75) is 41.9 Å². The Kier molecular flexibility index (Phi) is 4.40. The summed E-state index contributed by atoms with van der Waals surface area (Å²) in [5.74, 6) is -0.954. The molecular formula is C13H17F2NS. The van der Waals surface area contributed by atoms with Gasteiger partial charge in [0.15, 0.2) is 0 Å². The molecule has 0 bridgehead atoms. The highest BCUT2D eigenvalue weighted by atomic mass is 32.2. The molecule has 2 atom stereocenters. The Morgan fingerprint density at radius 1 is 1.29 bits per heavy atom. The number of hydrogen-bond donors (Lipinski definition) is 1. The molecule has 1 N–H and O–H groups in total. The zero-order chi connectivity index (χ0) is 12.3. The summed E-state index contributed by atoms with van der Waals surface area (Å²) in [6.07, 6.45) is 4.53. The molecule has 0 spiro atoms. The molecular weight excluding hydrogens is 240 g/mol. The first-order valence-corrected chi connectivity index (χ1v) is 6.86. The van der Waals surface area contributed by atoms with Gasteiger partial charge < -0.3 is 5.32 Å². The molecule has 0 aliphatic heterocycles. The minimum atomic E-state index is -0.511. The fourth-order valence-electron chi connectivity index (χ4n) is 2.26. The van der Waals surface area contributed by atoms with E-state index in [1.54, 1.807) is 6.07 Å². The minimum absolute atomic E-state index is 0.432. The van der Waals surface area contributed by atoms with E-state index in [1.165, 1.54) is 30.7 Å². The van der Waals surface area contributed by atoms with E-state index in [4.69, 9.17) is 0 Å². The Morgan fingerprint density at radius 2 is 2.12 bits per heavy atom. The monoisotopic (exact) mass is 257 g/mol. The Morgan fingerprint density at radius 3 is 2.82 bits per heavy atom. The van der Waals surface area contributed by atoms with Gasteiger partial charge in [0, 0.05) is 22.3 Å². The van der Waals surface area contributed by atoms with Crippen molar-refractivity contribution in [2.24, 2.45) is 0 Å². The van der Waals surface area contributed by atoms with Crippen molar-refractivity contribution < 1.29 is 8.78 Å². The third-order valence-corrected chi connectivity index (χ3v) is 4.57. The smallest absolute Gasteiger partial charge is 0.139 e. The first-order chi connectivity index (χ1) is 8.19. The van der Waals surface area contributed by atoms with Gasteiger partial charge in [-0.05, 0) is 38.4 Å². The minimum Gasteiger partial charge on any atom is -0.317 e. The molecule has 0 radical (unpaired) electrons. The van der Waals surface area contributed by atoms with Gasteiger partial charge in [-0.15, -0.1) is 11.8 Å². The van der Waals surface area contributed by atoms with E-state index < -0.39 is 11.6 Å². The van der Waals surface area contributed by atoms with Gasteiger partial charge in [-0.3, -0.25) is 0 Å². The van der Waals surface area contributed by atoms with Crippen LogP contribution in [-0.4, -0.2) is 18.3 Å². The van der Waals surface area contributed by atoms with Crippen LogP contribution in [0.3, 0.4) is 0 Å². The lowest BCUT2D eigenvalue weighted by Gasteiger charge is -2.28. The summed E-state index contributed by atoms with van der Waals surface area (Å²) < 4.78 is 26.3. The third kappa shape index (κ3) is 3.42. The van der Waals surface area contributed by atoms with Crippen molar-refractivity contribution >= 4 is 11.8 Å². The van der Waals surface area contributed by atoms with Crippen molar-refractivity contribution in [3.05, 3.63) is 29.8 Å². The van der Waals surface area contributed by atoms with Crippen LogP contribution < -0.4 is 5.32 Å². The predicted octanol–water partition coefficient (Wildman–Crippen LogP) is 3.59. The second-order valence-corrected chi connectivity index (χ2v) is 5.81. The predicted molar refractivity (Wildman–Crippen MR) is 67.3 cm³/mol. The van der Waals surface area contributed by atoms with E-state index in [9.17, 15) is 8.78 Å². The summed E-state index contributed by atoms with van der Waals surface area (Å²) in [7, 11) is 1.97. The van der Waals surface area contributed by atoms with Crippen LogP contribution in [0.2, 0.25) is 0 Å². The average molecular weight is 257 g/mol. The summed E-state index contributed by atoms with van der Waals surface area (Å²) >= 11 is 1.54. The third-order valence-electron chi connectivity index (χ3n) is 3.22. The normalized spacial score (nSPS) is 24.9. The van der Waals surface area contributed by atoms with E-state index in [0.717, 1.165) is 18.9 Å². The molecule has 1 nitrogen and oxygen atoms in total. The number of thioether (sulfide) groups is 1. The fourth-order valence-corrected chi connectivity index (χ4v) is 3.55. The molecule has 1 saturated carbocycles. The van der Waals surface area contributed by atoms with Gasteiger partial charge >= 0.3 is 0 Å². The highest BCUT2D eigenvalue weighted by Crippen LogP contribution is 2.35. The van der Waals surface area contributed by atoms with Crippen LogP contribution >= 0.6 is 11.8 Å². The van der Waals surface area contributed by atoms with Crippen LogP contribution in [0, 0.1) is 11.6 Å². The summed E-state index contributed by atoms with van der Waals surface area (Å²) in [5, 5.41) is 3.71. The largest absolute Gasteiger partial charge is 0.317 e. The SMILES string of the molecule is CNC1CCCC(Sc2ccc(F)cc2F)C1. The molecule has 94 valence electrons. The van der Waals surface area contributed by atoms with Gasteiger partial charge in [0.25, 0.3) is 0 Å². The summed E-state index contributed by atoms with van der Waals surface area (Å²) in [5.41, 5.74) is 0. The molecule has 17 heavy (non-hydrogen) atoms. The zero-order valence-corrected chi connectivity index (χ0v) is 10.7. The van der Waals surface area contributed by atoms with E-state index in [2.05, 4.69) is 5.32 Å². The Labute approximate surface area is 105 Å². The van der Waals surface area contributed by atoms with Gasteiger partial charge in [-0.1, -0.05) is 6.42 Å². The molecule has 1 aromatic rings. The molecule has 1 aromatic carbocycles. The van der Waals surface area contributed by atoms with Crippen LogP contribution in [0.25, 0.3) is 0 Å². The number of nitrogens with one attached hydrogen (secondary N) is 1. The van der Waals surface area contributed by atoms with Crippen LogP contribution in [-0.2, 0) is 0 Å². The zero-order valence-electron chi connectivity index (χ0n) is 9.88. The van der Waals surface area contributed by atoms with Gasteiger partial charge in [-0.2, -0.15) is 0 Å². The van der Waals surface area contributed by atoms with Crippen molar-refractivity contribution in [3.8, 4) is 0 Å². The van der Waals surface area contributed by atoms with E-state index in [-0.39, 0.29) is 0 Å². The van der Waals surface area contributed by atoms with Crippen LogP contribution in [0.1, 0.15) is 25.7 Å². The number of hydrogen-bond acceptors (Lipinski definition) is 2. The number of halogens is 2. The number of benzene rings is 1. The lowest BCUT2D eigenvalue weighted by Crippen LogP contribution is -2.32. The quantitative estimate of drug-likeness (QED) is 0.888. The summed E-state index contributed by atoms with van der Waals surface area (Å²) in [4.78, 5) is 0.563. The van der Waals surface area contributed by atoms with Gasteiger partial charge in [0.2, 0.25) is 0 Å². The van der Waals surface area contributed by atoms with Crippen molar-refractivity contribution in [1.29, 1.82) is 0 Å². The van der Waals surface area contributed by atoms with E-state index in [1.807, 2.05) is 7.05 Å². The maximum absolute atomic E-state index is 13.5. The Balaban J connectivity index is 2.00. The van der Waals surface area contributed by atoms with Crippen LogP contribution in [0.5, 0.6) is 0 Å². The summed E-state index contributed by atoms with van der Waals surface area (Å²) in [6, 6.07) is 4.35. The average Bonchev–Trinajstić information content (AvgIpc) is 2.33. The molecule has 0 saturated heterocycles. The van der Waals surface area contributed by atoms with Gasteiger partial charge in [0.1, 0.15) is 11.6 Å². The van der Waals surface area contributed by atoms with E-state index in [0.29, 0.717) is 16.2 Å². The molecule has 1 aliphatic rings. The maximum Gasteiger partial charge on any atom is 0.139 e. The van der Waals surface area contributed by atoms with Crippen molar-refractivity contribution in [1.82, 2.24) is 5.32 Å². The second-order valence-electron chi connectivity index (χ2n) is 4.47. The summed E-state index contributed by atoms with van der Waals surface area (Å²) in [6.45, 7) is 0. The molecule has 0 amide bonds. The Hall–Kier alpha value is -0.610. The first kappa shape index (κ1) is 12.8. The Bertz CT molecular complexity index is 384. The van der Waals surface area contributed by atoms with E-state index >= 15 is 0 Å². The molecule has 2 unspecified atom stereocenters. The maximum atomic E-state index is 13.5. The van der Waals surface area contributed by atoms with Crippen molar-refractivity contribution in [3.63, 3.8) is 0 Å². The lowest BCUT2D eigenvalue weighted by molar-refractivity contribution is 0.402. The molecule has 2 rings (SSSR count). The molecule has 1 fully saturated rings. The lowest BCUT2D eigenvalue weighted by atomic mass is 9.95. The van der Waals surface area contributed by atoms with Gasteiger partial charge in [-0.25, -0.2) is 8.78 Å². The van der Waals surface area contributed by atoms with Crippen molar-refractivity contribution in [2.75, 3.05) is 7.05 Å². The molecule has 1 aliphatic carbocycles. The highest BCUT2D eigenvalue weighted by Gasteiger charge is 2.22. The number of rotatable bonds is 3. The first-order valence-electron chi connectivity index (χ1n) is 5.98. The topological polar surface area (TPSA) is 12.0 Å². The second kappa shape index (κ2) is 5.83. The molecule has 4 heteroatoms. The highest BCUT2D eigenvalue weighted by molar-refractivity contribution is 8.00.